The fourth-order valence-corrected chi connectivity index (χ4v) is 3.27. The van der Waals surface area contributed by atoms with E-state index in [4.69, 9.17) is 0 Å². The third-order valence-electron chi connectivity index (χ3n) is 5.00. The molecule has 12 heteroatoms. The standard InChI is InChI=1S/C17H25NO11/c1-7(19)12(24)14(26,8(2)20)16(28,10(4)22)17(29,11(5)23)15(27,9(3)21)13(25)18-6/h12,24,26-29H,1-6H3,(H,18,25)/t12?,14-,15+,16-,17-/m1/s1. The number of likely N-dealkylation sites (N-methyl/N-ethyl adjacent to an activating group) is 1. The summed E-state index contributed by atoms with van der Waals surface area (Å²) in [5, 5.41) is 55.7. The van der Waals surface area contributed by atoms with Gasteiger partial charge in [-0.3, -0.25) is 28.8 Å². The van der Waals surface area contributed by atoms with Gasteiger partial charge in [-0.15, -0.1) is 0 Å². The van der Waals surface area contributed by atoms with Gasteiger partial charge in [0.2, 0.25) is 16.8 Å². The zero-order valence-corrected chi connectivity index (χ0v) is 16.8. The number of hydrogen-bond acceptors (Lipinski definition) is 11. The highest BCUT2D eigenvalue weighted by molar-refractivity contribution is 6.18. The minimum Gasteiger partial charge on any atom is -0.382 e. The zero-order valence-electron chi connectivity index (χ0n) is 16.8. The highest BCUT2D eigenvalue weighted by Gasteiger charge is 2.80. The van der Waals surface area contributed by atoms with E-state index in [1.54, 1.807) is 5.32 Å². The summed E-state index contributed by atoms with van der Waals surface area (Å²) in [5.41, 5.74) is -16.3. The summed E-state index contributed by atoms with van der Waals surface area (Å²) in [5.74, 6) is -10.2. The topological polar surface area (TPSA) is 216 Å². The summed E-state index contributed by atoms with van der Waals surface area (Å²) in [6.07, 6.45) is -2.90. The van der Waals surface area contributed by atoms with Crippen LogP contribution in [0.3, 0.4) is 0 Å². The Labute approximate surface area is 165 Å². The maximum absolute atomic E-state index is 12.4. The van der Waals surface area contributed by atoms with Crippen LogP contribution in [0.4, 0.5) is 0 Å². The van der Waals surface area contributed by atoms with Crippen molar-refractivity contribution in [2.24, 2.45) is 0 Å². The first kappa shape index (κ1) is 26.6. The molecule has 6 N–H and O–H groups in total. The normalized spacial score (nSPS) is 20.7. The molecule has 164 valence electrons. The molecule has 0 heterocycles. The van der Waals surface area contributed by atoms with E-state index in [1.807, 2.05) is 0 Å². The van der Waals surface area contributed by atoms with Crippen molar-refractivity contribution >= 4 is 34.8 Å². The van der Waals surface area contributed by atoms with Gasteiger partial charge in [-0.1, -0.05) is 0 Å². The molecule has 1 amide bonds. The van der Waals surface area contributed by atoms with Crippen LogP contribution in [0, 0.1) is 0 Å². The molecule has 12 nitrogen and oxygen atoms in total. The zero-order chi connectivity index (χ0) is 23.7. The molecule has 0 saturated heterocycles. The Bertz CT molecular complexity index is 777. The first-order valence-corrected chi connectivity index (χ1v) is 8.20. The van der Waals surface area contributed by atoms with Crippen molar-refractivity contribution in [1.82, 2.24) is 5.32 Å². The third kappa shape index (κ3) is 3.22. The molecule has 0 bridgehead atoms. The van der Waals surface area contributed by atoms with Gasteiger partial charge in [0.15, 0.2) is 40.6 Å². The average Bonchev–Trinajstić information content (AvgIpc) is 2.62. The Balaban J connectivity index is 7.81. The monoisotopic (exact) mass is 419 g/mol. The lowest BCUT2D eigenvalue weighted by atomic mass is 9.56. The minimum absolute atomic E-state index is 0.430. The number of nitrogens with one attached hydrogen (secondary N) is 1. The van der Waals surface area contributed by atoms with Gasteiger partial charge < -0.3 is 30.8 Å². The fourth-order valence-electron chi connectivity index (χ4n) is 3.27. The molecule has 29 heavy (non-hydrogen) atoms. The van der Waals surface area contributed by atoms with Crippen molar-refractivity contribution in [3.05, 3.63) is 0 Å². The molecule has 0 fully saturated rings. The summed E-state index contributed by atoms with van der Waals surface area (Å²) in [6.45, 7) is 2.51. The van der Waals surface area contributed by atoms with Crippen molar-refractivity contribution in [1.29, 1.82) is 0 Å². The highest BCUT2D eigenvalue weighted by atomic mass is 16.4. The van der Waals surface area contributed by atoms with E-state index in [9.17, 15) is 54.3 Å². The highest BCUT2D eigenvalue weighted by Crippen LogP contribution is 2.44. The molecule has 0 aliphatic heterocycles. The van der Waals surface area contributed by atoms with E-state index in [-0.39, 0.29) is 0 Å². The second-order valence-corrected chi connectivity index (χ2v) is 6.71. The van der Waals surface area contributed by atoms with Crippen LogP contribution in [0.15, 0.2) is 0 Å². The molecule has 0 rings (SSSR count). The summed E-state index contributed by atoms with van der Waals surface area (Å²) in [6, 6.07) is 0. The van der Waals surface area contributed by atoms with E-state index in [2.05, 4.69) is 0 Å². The van der Waals surface area contributed by atoms with Crippen molar-refractivity contribution in [3.63, 3.8) is 0 Å². The second kappa shape index (κ2) is 8.16. The number of Topliss-reactive ketones (excluding diaryl/α,β-unsaturated/α-hetero) is 5. The smallest absolute Gasteiger partial charge is 0.263 e. The lowest BCUT2D eigenvalue weighted by molar-refractivity contribution is -0.272. The molecule has 0 aromatic heterocycles. The Morgan fingerprint density at radius 2 is 1.07 bits per heavy atom. The van der Waals surface area contributed by atoms with E-state index < -0.39 is 63.3 Å². The van der Waals surface area contributed by atoms with Crippen molar-refractivity contribution in [2.45, 2.75) is 63.1 Å². The lowest BCUT2D eigenvalue weighted by Gasteiger charge is -2.53. The molecular weight excluding hydrogens is 394 g/mol. The number of carbonyl (C=O) groups is 6. The Morgan fingerprint density at radius 1 is 0.690 bits per heavy atom. The van der Waals surface area contributed by atoms with Crippen molar-refractivity contribution < 1.29 is 54.3 Å². The van der Waals surface area contributed by atoms with Gasteiger partial charge in [0, 0.05) is 7.05 Å². The Kier molecular flexibility index (Phi) is 7.49. The molecule has 0 spiro atoms. The lowest BCUT2D eigenvalue weighted by Crippen LogP contribution is -2.87. The number of hydrogen-bond donors (Lipinski definition) is 6. The van der Waals surface area contributed by atoms with Crippen LogP contribution in [0.25, 0.3) is 0 Å². The van der Waals surface area contributed by atoms with Gasteiger partial charge in [-0.05, 0) is 34.6 Å². The molecule has 0 radical (unpaired) electrons. The minimum atomic E-state index is -4.23. The second-order valence-electron chi connectivity index (χ2n) is 6.71. The number of rotatable bonds is 10. The van der Waals surface area contributed by atoms with Crippen LogP contribution >= 0.6 is 0 Å². The Morgan fingerprint density at radius 3 is 1.28 bits per heavy atom. The van der Waals surface area contributed by atoms with E-state index in [0.717, 1.165) is 7.05 Å². The Hall–Kier alpha value is -2.38. The van der Waals surface area contributed by atoms with E-state index in [0.29, 0.717) is 34.6 Å². The number of carbonyl (C=O) groups excluding carboxylic acids is 6. The third-order valence-corrected chi connectivity index (χ3v) is 5.00. The molecule has 0 aromatic rings. The first-order valence-electron chi connectivity index (χ1n) is 8.20. The van der Waals surface area contributed by atoms with Gasteiger partial charge in [0.25, 0.3) is 5.91 Å². The van der Waals surface area contributed by atoms with Crippen LogP contribution in [0.2, 0.25) is 0 Å². The predicted octanol–water partition coefficient (Wildman–Crippen LogP) is -4.04. The van der Waals surface area contributed by atoms with Crippen LogP contribution in [-0.2, 0) is 28.8 Å². The molecule has 0 saturated carbocycles. The van der Waals surface area contributed by atoms with Gasteiger partial charge in [0.05, 0.1) is 0 Å². The van der Waals surface area contributed by atoms with Crippen LogP contribution < -0.4 is 5.32 Å². The fraction of sp³-hybridized carbons (Fsp3) is 0.647. The molecule has 0 aliphatic carbocycles. The SMILES string of the molecule is CNC(=O)[C@@](O)(C(C)=O)[C@](O)(C(C)=O)[C@@](O)(C(C)=O)[C@@](O)(C(C)=O)C(O)C(C)=O. The van der Waals surface area contributed by atoms with Gasteiger partial charge in [-0.25, -0.2) is 0 Å². The number of ketones is 5. The van der Waals surface area contributed by atoms with Crippen LogP contribution in [0.1, 0.15) is 34.6 Å². The van der Waals surface area contributed by atoms with Crippen LogP contribution in [-0.4, -0.2) is 95.9 Å². The molecule has 0 aliphatic rings. The number of aliphatic hydroxyl groups excluding tert-OH is 1. The molecule has 1 unspecified atom stereocenters. The molecule has 0 aromatic carbocycles. The van der Waals surface area contributed by atoms with Crippen molar-refractivity contribution in [2.75, 3.05) is 7.05 Å². The van der Waals surface area contributed by atoms with Gasteiger partial charge in [0.1, 0.15) is 0 Å². The number of aliphatic hydroxyl groups is 5. The summed E-state index contributed by atoms with van der Waals surface area (Å²) in [4.78, 5) is 73.1. The van der Waals surface area contributed by atoms with E-state index >= 15 is 0 Å². The summed E-state index contributed by atoms with van der Waals surface area (Å²) >= 11 is 0. The van der Waals surface area contributed by atoms with Gasteiger partial charge >= 0.3 is 0 Å². The van der Waals surface area contributed by atoms with Crippen LogP contribution in [0.5, 0.6) is 0 Å². The van der Waals surface area contributed by atoms with Gasteiger partial charge in [-0.2, -0.15) is 0 Å². The molecular formula is C17H25NO11. The maximum Gasteiger partial charge on any atom is 0.263 e. The first-order chi connectivity index (χ1) is 12.9. The summed E-state index contributed by atoms with van der Waals surface area (Å²) < 4.78 is 0. The summed E-state index contributed by atoms with van der Waals surface area (Å²) in [7, 11) is 0.866. The average molecular weight is 419 g/mol. The van der Waals surface area contributed by atoms with E-state index in [1.165, 1.54) is 0 Å². The largest absolute Gasteiger partial charge is 0.382 e. The number of amides is 1. The quantitative estimate of drug-likeness (QED) is 0.187. The van der Waals surface area contributed by atoms with Crippen molar-refractivity contribution in [3.8, 4) is 0 Å². The maximum atomic E-state index is 12.4. The molecule has 5 atom stereocenters. The predicted molar refractivity (Wildman–Crippen MR) is 93.3 cm³/mol.